The van der Waals surface area contributed by atoms with E-state index in [1.165, 1.54) is 0 Å². The Bertz CT molecular complexity index is 539. The van der Waals surface area contributed by atoms with Crippen LogP contribution < -0.4 is 10.1 Å². The monoisotopic (exact) mass is 277 g/mol. The van der Waals surface area contributed by atoms with Crippen LogP contribution in [0.25, 0.3) is 0 Å². The molecule has 2 N–H and O–H groups in total. The third-order valence-electron chi connectivity index (χ3n) is 3.59. The Labute approximate surface area is 117 Å². The van der Waals surface area contributed by atoms with Crippen molar-refractivity contribution in [3.8, 4) is 5.75 Å². The van der Waals surface area contributed by atoms with Crippen LogP contribution in [0.1, 0.15) is 35.4 Å². The van der Waals surface area contributed by atoms with Gasteiger partial charge in [0.05, 0.1) is 0 Å². The highest BCUT2D eigenvalue weighted by molar-refractivity contribution is 5.85. The molecule has 1 atom stereocenters. The predicted octanol–water partition coefficient (Wildman–Crippen LogP) is 1.76. The molecule has 0 saturated heterocycles. The summed E-state index contributed by atoms with van der Waals surface area (Å²) in [6.45, 7) is 4.75. The second-order valence-corrected chi connectivity index (χ2v) is 5.13. The lowest BCUT2D eigenvalue weighted by atomic mass is 9.96. The van der Waals surface area contributed by atoms with Gasteiger partial charge < -0.3 is 15.2 Å². The number of carbonyl (C=O) groups is 2. The number of fused-ring (bicyclic) bond motifs is 1. The molecular formula is C15H19NO4. The highest BCUT2D eigenvalue weighted by atomic mass is 16.5. The number of carbonyl (C=O) groups excluding carboxylic acids is 1. The fourth-order valence-electron chi connectivity index (χ4n) is 2.26. The number of hydrogen-bond donors (Lipinski definition) is 2. The molecule has 1 amide bonds. The molecule has 5 nitrogen and oxygen atoms in total. The van der Waals surface area contributed by atoms with Crippen molar-refractivity contribution in [3.05, 3.63) is 28.8 Å². The van der Waals surface area contributed by atoms with Crippen molar-refractivity contribution in [3.63, 3.8) is 0 Å². The summed E-state index contributed by atoms with van der Waals surface area (Å²) in [5.41, 5.74) is 3.20. The molecule has 1 aromatic carbocycles. The van der Waals surface area contributed by atoms with Crippen molar-refractivity contribution < 1.29 is 19.4 Å². The van der Waals surface area contributed by atoms with Gasteiger partial charge in [-0.3, -0.25) is 9.59 Å². The van der Waals surface area contributed by atoms with E-state index in [-0.39, 0.29) is 18.2 Å². The third kappa shape index (κ3) is 3.10. The molecule has 0 saturated carbocycles. The Morgan fingerprint density at radius 1 is 1.35 bits per heavy atom. The summed E-state index contributed by atoms with van der Waals surface area (Å²) in [6.07, 6.45) is 0.505. The maximum atomic E-state index is 12.1. The van der Waals surface area contributed by atoms with E-state index in [4.69, 9.17) is 9.84 Å². The van der Waals surface area contributed by atoms with Crippen LogP contribution in [0.5, 0.6) is 5.75 Å². The molecule has 2 rings (SSSR count). The second-order valence-electron chi connectivity index (χ2n) is 5.13. The lowest BCUT2D eigenvalue weighted by molar-refractivity contribution is -0.137. The van der Waals surface area contributed by atoms with Gasteiger partial charge in [0.2, 0.25) is 5.91 Å². The summed E-state index contributed by atoms with van der Waals surface area (Å²) in [5.74, 6) is -0.467. The molecule has 0 spiro atoms. The molecule has 1 aromatic rings. The number of benzene rings is 1. The first-order valence-electron chi connectivity index (χ1n) is 6.72. The van der Waals surface area contributed by atoms with Crippen LogP contribution in [-0.4, -0.2) is 30.1 Å². The van der Waals surface area contributed by atoms with Crippen LogP contribution in [0.2, 0.25) is 0 Å². The van der Waals surface area contributed by atoms with E-state index in [9.17, 15) is 9.59 Å². The molecule has 1 heterocycles. The maximum absolute atomic E-state index is 12.1. The van der Waals surface area contributed by atoms with Crippen molar-refractivity contribution in [1.82, 2.24) is 5.32 Å². The van der Waals surface area contributed by atoms with Gasteiger partial charge in [-0.05, 0) is 37.5 Å². The summed E-state index contributed by atoms with van der Waals surface area (Å²) in [6, 6.07) is 3.96. The molecule has 0 radical (unpaired) electrons. The topological polar surface area (TPSA) is 75.6 Å². The Kier molecular flexibility index (Phi) is 4.27. The van der Waals surface area contributed by atoms with Gasteiger partial charge >= 0.3 is 5.97 Å². The Hall–Kier alpha value is -2.04. The Morgan fingerprint density at radius 3 is 2.75 bits per heavy atom. The van der Waals surface area contributed by atoms with Gasteiger partial charge in [0.25, 0.3) is 0 Å². The van der Waals surface area contributed by atoms with Crippen LogP contribution in [0, 0.1) is 13.8 Å². The smallest absolute Gasteiger partial charge is 0.303 e. The minimum Gasteiger partial charge on any atom is -0.492 e. The minimum atomic E-state index is -0.847. The Morgan fingerprint density at radius 2 is 2.05 bits per heavy atom. The van der Waals surface area contributed by atoms with E-state index < -0.39 is 5.97 Å². The maximum Gasteiger partial charge on any atom is 0.303 e. The molecule has 20 heavy (non-hydrogen) atoms. The predicted molar refractivity (Wildman–Crippen MR) is 74.0 cm³/mol. The molecule has 108 valence electrons. The SMILES string of the molecule is Cc1cc2c(cc1C)C(C(=O)NCCCC(=O)O)CO2. The lowest BCUT2D eigenvalue weighted by Crippen LogP contribution is -2.31. The lowest BCUT2D eigenvalue weighted by Gasteiger charge is -2.10. The summed E-state index contributed by atoms with van der Waals surface area (Å²) >= 11 is 0. The highest BCUT2D eigenvalue weighted by Gasteiger charge is 2.30. The molecule has 0 bridgehead atoms. The fourth-order valence-corrected chi connectivity index (χ4v) is 2.26. The first-order chi connectivity index (χ1) is 9.49. The summed E-state index contributed by atoms with van der Waals surface area (Å²) in [5, 5.41) is 11.3. The minimum absolute atomic E-state index is 0.0658. The fraction of sp³-hybridized carbons (Fsp3) is 0.467. The van der Waals surface area contributed by atoms with Gasteiger partial charge in [-0.2, -0.15) is 0 Å². The highest BCUT2D eigenvalue weighted by Crippen LogP contribution is 2.35. The number of nitrogens with one attached hydrogen (secondary N) is 1. The standard InChI is InChI=1S/C15H19NO4/c1-9-6-11-12(8-20-13(11)7-10(9)2)15(19)16-5-3-4-14(17)18/h6-7,12H,3-5,8H2,1-2H3,(H,16,19)(H,17,18). The van der Waals surface area contributed by atoms with Crippen molar-refractivity contribution in [2.24, 2.45) is 0 Å². The van der Waals surface area contributed by atoms with Crippen LogP contribution in [0.3, 0.4) is 0 Å². The summed E-state index contributed by atoms with van der Waals surface area (Å²) in [7, 11) is 0. The second kappa shape index (κ2) is 5.94. The number of aryl methyl sites for hydroxylation is 2. The van der Waals surface area contributed by atoms with Gasteiger partial charge in [0, 0.05) is 18.5 Å². The normalized spacial score (nSPS) is 16.4. The van der Waals surface area contributed by atoms with Crippen molar-refractivity contribution in [2.45, 2.75) is 32.6 Å². The third-order valence-corrected chi connectivity index (χ3v) is 3.59. The first-order valence-corrected chi connectivity index (χ1v) is 6.72. The summed E-state index contributed by atoms with van der Waals surface area (Å²) in [4.78, 5) is 22.5. The van der Waals surface area contributed by atoms with Crippen LogP contribution in [-0.2, 0) is 9.59 Å². The van der Waals surface area contributed by atoms with E-state index in [0.29, 0.717) is 19.6 Å². The average molecular weight is 277 g/mol. The molecule has 1 unspecified atom stereocenters. The number of carboxylic acid groups (broad SMARTS) is 1. The van der Waals surface area contributed by atoms with Gasteiger partial charge in [-0.1, -0.05) is 6.07 Å². The van der Waals surface area contributed by atoms with E-state index in [2.05, 4.69) is 5.32 Å². The molecular weight excluding hydrogens is 258 g/mol. The molecule has 0 fully saturated rings. The van der Waals surface area contributed by atoms with Crippen molar-refractivity contribution >= 4 is 11.9 Å². The number of amides is 1. The number of aliphatic carboxylic acids is 1. The summed E-state index contributed by atoms with van der Waals surface area (Å²) < 4.78 is 5.56. The first kappa shape index (κ1) is 14.4. The van der Waals surface area contributed by atoms with Crippen LogP contribution >= 0.6 is 0 Å². The number of ether oxygens (including phenoxy) is 1. The molecule has 1 aliphatic heterocycles. The van der Waals surface area contributed by atoms with E-state index >= 15 is 0 Å². The molecule has 5 heteroatoms. The van der Waals surface area contributed by atoms with E-state index in [0.717, 1.165) is 22.4 Å². The zero-order valence-corrected chi connectivity index (χ0v) is 11.7. The van der Waals surface area contributed by atoms with E-state index in [1.807, 2.05) is 26.0 Å². The number of rotatable bonds is 5. The zero-order chi connectivity index (χ0) is 14.7. The van der Waals surface area contributed by atoms with Gasteiger partial charge in [0.1, 0.15) is 18.3 Å². The average Bonchev–Trinajstić information content (AvgIpc) is 2.77. The molecule has 0 aliphatic carbocycles. The van der Waals surface area contributed by atoms with Crippen LogP contribution in [0.15, 0.2) is 12.1 Å². The molecule has 0 aromatic heterocycles. The Balaban J connectivity index is 1.97. The quantitative estimate of drug-likeness (QED) is 0.804. The largest absolute Gasteiger partial charge is 0.492 e. The van der Waals surface area contributed by atoms with Gasteiger partial charge in [-0.25, -0.2) is 0 Å². The zero-order valence-electron chi connectivity index (χ0n) is 11.7. The number of carboxylic acids is 1. The number of hydrogen-bond acceptors (Lipinski definition) is 3. The van der Waals surface area contributed by atoms with Crippen LogP contribution in [0.4, 0.5) is 0 Å². The molecule has 1 aliphatic rings. The van der Waals surface area contributed by atoms with Crippen molar-refractivity contribution in [1.29, 1.82) is 0 Å². The van der Waals surface area contributed by atoms with Gasteiger partial charge in [0.15, 0.2) is 0 Å². The van der Waals surface area contributed by atoms with Crippen molar-refractivity contribution in [2.75, 3.05) is 13.2 Å². The van der Waals surface area contributed by atoms with E-state index in [1.54, 1.807) is 0 Å². The van der Waals surface area contributed by atoms with Gasteiger partial charge in [-0.15, -0.1) is 0 Å².